The number of nitrogen functional groups attached to an aromatic ring is 1. The van der Waals surface area contributed by atoms with Crippen LogP contribution in [0.3, 0.4) is 0 Å². The van der Waals surface area contributed by atoms with Crippen LogP contribution in [0.1, 0.15) is 5.56 Å². The van der Waals surface area contributed by atoms with Gasteiger partial charge in [0.2, 0.25) is 0 Å². The van der Waals surface area contributed by atoms with Gasteiger partial charge in [-0.15, -0.1) is 0 Å². The van der Waals surface area contributed by atoms with Gasteiger partial charge in [-0.3, -0.25) is 4.72 Å². The summed E-state index contributed by atoms with van der Waals surface area (Å²) >= 11 is 11.7. The lowest BCUT2D eigenvalue weighted by Gasteiger charge is -2.11. The summed E-state index contributed by atoms with van der Waals surface area (Å²) in [6, 6.07) is 5.70. The van der Waals surface area contributed by atoms with E-state index in [-0.39, 0.29) is 15.1 Å². The molecule has 8 heteroatoms. The van der Waals surface area contributed by atoms with Crippen LogP contribution < -0.4 is 10.5 Å². The first-order chi connectivity index (χ1) is 9.29. The highest BCUT2D eigenvalue weighted by Crippen LogP contribution is 2.28. The van der Waals surface area contributed by atoms with Crippen molar-refractivity contribution in [3.05, 3.63) is 46.2 Å². The topological polar surface area (TPSA) is 85.1 Å². The second-order valence-electron chi connectivity index (χ2n) is 4.11. The molecule has 1 heterocycles. The monoisotopic (exact) mass is 331 g/mol. The molecule has 0 amide bonds. The van der Waals surface area contributed by atoms with Gasteiger partial charge in [-0.25, -0.2) is 13.4 Å². The summed E-state index contributed by atoms with van der Waals surface area (Å²) in [7, 11) is -3.85. The number of hydrogen-bond acceptors (Lipinski definition) is 4. The van der Waals surface area contributed by atoms with E-state index < -0.39 is 10.0 Å². The first-order valence-electron chi connectivity index (χ1n) is 5.49. The van der Waals surface area contributed by atoms with E-state index in [1.165, 1.54) is 30.5 Å². The molecule has 1 aromatic carbocycles. The Bertz CT molecular complexity index is 763. The normalized spacial score (nSPS) is 11.3. The molecule has 3 N–H and O–H groups in total. The Morgan fingerprint density at radius 1 is 1.25 bits per heavy atom. The Hall–Kier alpha value is -1.50. The lowest BCUT2D eigenvalue weighted by atomic mass is 10.2. The third-order valence-corrected chi connectivity index (χ3v) is 4.64. The van der Waals surface area contributed by atoms with Crippen molar-refractivity contribution in [2.45, 2.75) is 11.8 Å². The first kappa shape index (κ1) is 14.9. The van der Waals surface area contributed by atoms with Gasteiger partial charge in [-0.05, 0) is 36.8 Å². The van der Waals surface area contributed by atoms with Crippen LogP contribution in [0.25, 0.3) is 0 Å². The first-order valence-corrected chi connectivity index (χ1v) is 7.73. The molecule has 0 saturated carbocycles. The Labute approximate surface area is 126 Å². The molecule has 106 valence electrons. The van der Waals surface area contributed by atoms with E-state index in [1.807, 2.05) is 0 Å². The number of aromatic nitrogens is 1. The molecule has 0 unspecified atom stereocenters. The number of nitrogens with one attached hydrogen (secondary N) is 1. The zero-order valence-corrected chi connectivity index (χ0v) is 12.7. The minimum atomic E-state index is -3.85. The van der Waals surface area contributed by atoms with Crippen LogP contribution in [0, 0.1) is 6.92 Å². The molecule has 0 fully saturated rings. The highest BCUT2D eigenvalue weighted by Gasteiger charge is 2.19. The third-order valence-electron chi connectivity index (χ3n) is 2.59. The van der Waals surface area contributed by atoms with Crippen molar-refractivity contribution in [1.82, 2.24) is 4.98 Å². The van der Waals surface area contributed by atoms with Crippen LogP contribution in [0.4, 0.5) is 11.4 Å². The third kappa shape index (κ3) is 3.15. The summed E-state index contributed by atoms with van der Waals surface area (Å²) in [5.74, 6) is 0. The zero-order chi connectivity index (χ0) is 14.9. The lowest BCUT2D eigenvalue weighted by molar-refractivity contribution is 0.601. The molecule has 1 aromatic heterocycles. The minimum absolute atomic E-state index is 0.0878. The molecule has 0 saturated heterocycles. The summed E-state index contributed by atoms with van der Waals surface area (Å²) in [6.07, 6.45) is 1.39. The highest BCUT2D eigenvalue weighted by molar-refractivity contribution is 7.92. The zero-order valence-electron chi connectivity index (χ0n) is 10.4. The lowest BCUT2D eigenvalue weighted by Crippen LogP contribution is -2.14. The molecule has 2 aromatic rings. The number of nitrogens with zero attached hydrogens (tertiary/aromatic N) is 1. The van der Waals surface area contributed by atoms with Crippen molar-refractivity contribution in [2.24, 2.45) is 0 Å². The maximum absolute atomic E-state index is 12.3. The van der Waals surface area contributed by atoms with Crippen molar-refractivity contribution < 1.29 is 8.42 Å². The molecule has 2 rings (SSSR count). The number of halogens is 2. The Morgan fingerprint density at radius 2 is 1.95 bits per heavy atom. The minimum Gasteiger partial charge on any atom is -0.398 e. The fourth-order valence-electron chi connectivity index (χ4n) is 1.55. The predicted octanol–water partition coefficient (Wildman–Crippen LogP) is 3.08. The van der Waals surface area contributed by atoms with Crippen molar-refractivity contribution >= 4 is 44.6 Å². The summed E-state index contributed by atoms with van der Waals surface area (Å²) in [5, 5.41) is 0.282. The largest absolute Gasteiger partial charge is 0.398 e. The SMILES string of the molecule is Cc1cc(Cl)c(S(=O)(=O)Nc2ccnc(Cl)c2)cc1N. The van der Waals surface area contributed by atoms with Gasteiger partial charge >= 0.3 is 0 Å². The van der Waals surface area contributed by atoms with E-state index in [2.05, 4.69) is 9.71 Å². The predicted molar refractivity (Wildman–Crippen MR) is 80.7 cm³/mol. The number of sulfonamides is 1. The van der Waals surface area contributed by atoms with Crippen LogP contribution in [0.15, 0.2) is 35.4 Å². The van der Waals surface area contributed by atoms with Gasteiger partial charge in [0.15, 0.2) is 0 Å². The quantitative estimate of drug-likeness (QED) is 0.668. The van der Waals surface area contributed by atoms with Crippen LogP contribution in [-0.4, -0.2) is 13.4 Å². The molecule has 0 radical (unpaired) electrons. The van der Waals surface area contributed by atoms with E-state index in [1.54, 1.807) is 6.92 Å². The fourth-order valence-corrected chi connectivity index (χ4v) is 3.39. The summed E-state index contributed by atoms with van der Waals surface area (Å²) in [4.78, 5) is 3.68. The summed E-state index contributed by atoms with van der Waals surface area (Å²) in [5.41, 5.74) is 7.07. The molecular weight excluding hydrogens is 321 g/mol. The van der Waals surface area contributed by atoms with Crippen molar-refractivity contribution in [3.63, 3.8) is 0 Å². The molecule has 5 nitrogen and oxygen atoms in total. The van der Waals surface area contributed by atoms with E-state index in [4.69, 9.17) is 28.9 Å². The molecule has 0 atom stereocenters. The Morgan fingerprint density at radius 3 is 2.60 bits per heavy atom. The maximum atomic E-state index is 12.3. The Kier molecular flexibility index (Phi) is 4.08. The molecular formula is C12H11Cl2N3O2S. The van der Waals surface area contributed by atoms with Gasteiger partial charge in [-0.1, -0.05) is 23.2 Å². The average Bonchev–Trinajstić information content (AvgIpc) is 2.33. The van der Waals surface area contributed by atoms with Crippen LogP contribution in [0.5, 0.6) is 0 Å². The highest BCUT2D eigenvalue weighted by atomic mass is 35.5. The maximum Gasteiger partial charge on any atom is 0.263 e. The van der Waals surface area contributed by atoms with Crippen molar-refractivity contribution in [2.75, 3.05) is 10.5 Å². The molecule has 0 aliphatic heterocycles. The van der Waals surface area contributed by atoms with Gasteiger partial charge in [0.25, 0.3) is 10.0 Å². The second kappa shape index (κ2) is 5.47. The molecule has 0 aliphatic rings. The molecule has 0 spiro atoms. The number of aryl methyl sites for hydroxylation is 1. The molecule has 20 heavy (non-hydrogen) atoms. The molecule has 0 bridgehead atoms. The van der Waals surface area contributed by atoms with E-state index >= 15 is 0 Å². The Balaban J connectivity index is 2.43. The van der Waals surface area contributed by atoms with Crippen molar-refractivity contribution in [1.29, 1.82) is 0 Å². The van der Waals surface area contributed by atoms with Crippen LogP contribution in [0.2, 0.25) is 10.2 Å². The number of anilines is 2. The second-order valence-corrected chi connectivity index (χ2v) is 6.56. The summed E-state index contributed by atoms with van der Waals surface area (Å²) < 4.78 is 26.9. The van der Waals surface area contributed by atoms with E-state index in [0.29, 0.717) is 16.9 Å². The number of pyridine rings is 1. The number of benzene rings is 1. The smallest absolute Gasteiger partial charge is 0.263 e. The van der Waals surface area contributed by atoms with Crippen molar-refractivity contribution in [3.8, 4) is 0 Å². The number of hydrogen-bond donors (Lipinski definition) is 2. The average molecular weight is 332 g/mol. The van der Waals surface area contributed by atoms with Gasteiger partial charge in [0.05, 0.1) is 10.7 Å². The van der Waals surface area contributed by atoms with Gasteiger partial charge in [-0.2, -0.15) is 0 Å². The van der Waals surface area contributed by atoms with Gasteiger partial charge in [0.1, 0.15) is 10.0 Å². The van der Waals surface area contributed by atoms with E-state index in [9.17, 15) is 8.42 Å². The van der Waals surface area contributed by atoms with Crippen LogP contribution >= 0.6 is 23.2 Å². The number of rotatable bonds is 3. The van der Waals surface area contributed by atoms with Gasteiger partial charge in [0, 0.05) is 11.9 Å². The molecule has 0 aliphatic carbocycles. The van der Waals surface area contributed by atoms with E-state index in [0.717, 1.165) is 0 Å². The van der Waals surface area contributed by atoms with Crippen LogP contribution in [-0.2, 0) is 10.0 Å². The van der Waals surface area contributed by atoms with Gasteiger partial charge < -0.3 is 5.73 Å². The number of nitrogens with two attached hydrogens (primary N) is 1. The summed E-state index contributed by atoms with van der Waals surface area (Å²) in [6.45, 7) is 1.74. The standard InChI is InChI=1S/C12H11Cl2N3O2S/c1-7-4-9(13)11(6-10(7)15)20(18,19)17-8-2-3-16-12(14)5-8/h2-6H,15H2,1H3,(H,16,17). The fraction of sp³-hybridized carbons (Fsp3) is 0.0833.